The van der Waals surface area contributed by atoms with Gasteiger partial charge in [-0.25, -0.2) is 0 Å². The maximum Gasteiger partial charge on any atom is -0.00166 e. The number of hydrogen-bond donors (Lipinski definition) is 0. The topological polar surface area (TPSA) is 0 Å². The second-order valence-corrected chi connectivity index (χ2v) is 8.40. The average molecular weight is 266 g/mol. The van der Waals surface area contributed by atoms with E-state index in [1.807, 2.05) is 0 Å². The van der Waals surface area contributed by atoms with Crippen LogP contribution in [0.5, 0.6) is 0 Å². The van der Waals surface area contributed by atoms with Crippen molar-refractivity contribution in [3.8, 4) is 0 Å². The molecule has 0 radical (unpaired) electrons. The highest BCUT2D eigenvalue weighted by Crippen LogP contribution is 2.47. The van der Waals surface area contributed by atoms with Gasteiger partial charge in [-0.05, 0) is 51.5 Å². The Kier molecular flexibility index (Phi) is 2.80. The van der Waals surface area contributed by atoms with Crippen LogP contribution in [0.25, 0.3) is 5.57 Å². The first kappa shape index (κ1) is 13.7. The van der Waals surface area contributed by atoms with E-state index in [2.05, 4.69) is 65.8 Å². The first-order valence-electron chi connectivity index (χ1n) is 7.73. The molecule has 0 atom stereocenters. The molecule has 0 bridgehead atoms. The van der Waals surface area contributed by atoms with Crippen LogP contribution in [0.4, 0.5) is 0 Å². The third-order valence-electron chi connectivity index (χ3n) is 4.74. The van der Waals surface area contributed by atoms with Gasteiger partial charge in [0.05, 0.1) is 0 Å². The van der Waals surface area contributed by atoms with Crippen LogP contribution in [0.15, 0.2) is 35.4 Å². The van der Waals surface area contributed by atoms with Gasteiger partial charge in [-0.15, -0.1) is 0 Å². The number of rotatable bonds is 0. The number of hydrogen-bond acceptors (Lipinski definition) is 0. The lowest BCUT2D eigenvalue weighted by Crippen LogP contribution is -2.12. The maximum atomic E-state index is 2.46. The average Bonchev–Trinajstić information content (AvgIpc) is 2.82. The van der Waals surface area contributed by atoms with Gasteiger partial charge in [-0.3, -0.25) is 0 Å². The van der Waals surface area contributed by atoms with E-state index in [1.165, 1.54) is 16.7 Å². The van der Waals surface area contributed by atoms with Crippen molar-refractivity contribution in [1.29, 1.82) is 0 Å². The third-order valence-corrected chi connectivity index (χ3v) is 4.74. The van der Waals surface area contributed by atoms with E-state index in [0.717, 1.165) is 12.8 Å². The Labute approximate surface area is 123 Å². The van der Waals surface area contributed by atoms with Crippen molar-refractivity contribution in [2.45, 2.75) is 59.8 Å². The van der Waals surface area contributed by atoms with Crippen molar-refractivity contribution in [2.24, 2.45) is 5.41 Å². The Morgan fingerprint density at radius 3 is 2.15 bits per heavy atom. The van der Waals surface area contributed by atoms with E-state index in [0.29, 0.717) is 5.41 Å². The molecule has 0 aromatic heterocycles. The molecule has 106 valence electrons. The molecule has 2 aliphatic carbocycles. The monoisotopic (exact) mass is 266 g/mol. The Morgan fingerprint density at radius 2 is 1.55 bits per heavy atom. The fraction of sp³-hybridized carbons (Fsp3) is 0.500. The van der Waals surface area contributed by atoms with Gasteiger partial charge in [-0.2, -0.15) is 0 Å². The predicted octanol–water partition coefficient (Wildman–Crippen LogP) is 5.67. The molecule has 0 fully saturated rings. The zero-order valence-corrected chi connectivity index (χ0v) is 13.7. The molecular weight excluding hydrogens is 240 g/mol. The molecule has 0 spiro atoms. The molecule has 0 heteroatoms. The molecular formula is C20H26. The molecule has 0 saturated heterocycles. The summed E-state index contributed by atoms with van der Waals surface area (Å²) in [6.45, 7) is 13.9. The smallest absolute Gasteiger partial charge is 0.00166 e. The summed E-state index contributed by atoms with van der Waals surface area (Å²) in [5, 5.41) is 0. The second-order valence-electron chi connectivity index (χ2n) is 8.40. The third kappa shape index (κ3) is 2.16. The van der Waals surface area contributed by atoms with Gasteiger partial charge < -0.3 is 0 Å². The van der Waals surface area contributed by atoms with Gasteiger partial charge >= 0.3 is 0 Å². The van der Waals surface area contributed by atoms with Gasteiger partial charge in [0.1, 0.15) is 0 Å². The number of allylic oxidation sites excluding steroid dienone is 4. The van der Waals surface area contributed by atoms with Crippen LogP contribution in [-0.2, 0) is 11.8 Å². The van der Waals surface area contributed by atoms with E-state index < -0.39 is 0 Å². The van der Waals surface area contributed by atoms with Crippen LogP contribution in [0.2, 0.25) is 0 Å². The van der Waals surface area contributed by atoms with Gasteiger partial charge in [0.25, 0.3) is 0 Å². The summed E-state index contributed by atoms with van der Waals surface area (Å²) in [6.07, 6.45) is 4.75. The molecule has 2 aliphatic rings. The van der Waals surface area contributed by atoms with E-state index in [9.17, 15) is 0 Å². The Morgan fingerprint density at radius 1 is 0.850 bits per heavy atom. The lowest BCUT2D eigenvalue weighted by molar-refractivity contribution is 0.497. The molecule has 0 unspecified atom stereocenters. The zero-order chi connectivity index (χ0) is 14.7. The minimum atomic E-state index is 0.245. The quantitative estimate of drug-likeness (QED) is 0.567. The van der Waals surface area contributed by atoms with E-state index in [1.54, 1.807) is 16.7 Å². The van der Waals surface area contributed by atoms with Crippen molar-refractivity contribution >= 4 is 5.57 Å². The summed E-state index contributed by atoms with van der Waals surface area (Å²) in [5.41, 5.74) is 9.78. The number of fused-ring (bicyclic) bond motifs is 2. The predicted molar refractivity (Wildman–Crippen MR) is 87.9 cm³/mol. The summed E-state index contributed by atoms with van der Waals surface area (Å²) in [6, 6.07) is 7.11. The summed E-state index contributed by atoms with van der Waals surface area (Å²) in [5.74, 6) is 0. The highest BCUT2D eigenvalue weighted by atomic mass is 14.3. The van der Waals surface area contributed by atoms with Crippen LogP contribution in [0, 0.1) is 5.41 Å². The normalized spacial score (nSPS) is 18.2. The molecule has 1 aromatic carbocycles. The largest absolute Gasteiger partial charge is 0.0601 e. The molecule has 0 aliphatic heterocycles. The van der Waals surface area contributed by atoms with Crippen LogP contribution in [-0.4, -0.2) is 0 Å². The fourth-order valence-corrected chi connectivity index (χ4v) is 3.27. The summed E-state index contributed by atoms with van der Waals surface area (Å²) in [7, 11) is 0. The Hall–Kier alpha value is -1.30. The standard InChI is InChI=1S/C20H26/c1-19(2,3)15-7-8-17-13(10-15)9-14-11-16(12-18(14)17)20(4,5)6/h7-8,10-11H,9,12H2,1-6H3. The molecule has 0 saturated carbocycles. The van der Waals surface area contributed by atoms with Crippen LogP contribution in [0.1, 0.15) is 64.7 Å². The SMILES string of the molecule is CC(C)(C)C1=CC2=C(C1)c1ccc(C(C)(C)C)cc1C2. The zero-order valence-electron chi connectivity index (χ0n) is 13.7. The second kappa shape index (κ2) is 4.10. The summed E-state index contributed by atoms with van der Waals surface area (Å²) >= 11 is 0. The van der Waals surface area contributed by atoms with Crippen LogP contribution in [0.3, 0.4) is 0 Å². The molecule has 0 heterocycles. The highest BCUT2D eigenvalue weighted by molar-refractivity contribution is 5.83. The van der Waals surface area contributed by atoms with Gasteiger partial charge in [0.2, 0.25) is 0 Å². The van der Waals surface area contributed by atoms with Gasteiger partial charge in [0, 0.05) is 0 Å². The van der Waals surface area contributed by atoms with Crippen molar-refractivity contribution in [3.63, 3.8) is 0 Å². The van der Waals surface area contributed by atoms with Crippen molar-refractivity contribution in [1.82, 2.24) is 0 Å². The molecule has 0 nitrogen and oxygen atoms in total. The molecule has 3 rings (SSSR count). The van der Waals surface area contributed by atoms with Crippen molar-refractivity contribution in [3.05, 3.63) is 52.1 Å². The van der Waals surface area contributed by atoms with Crippen molar-refractivity contribution in [2.75, 3.05) is 0 Å². The van der Waals surface area contributed by atoms with Crippen LogP contribution >= 0.6 is 0 Å². The minimum absolute atomic E-state index is 0.245. The Bertz CT molecular complexity index is 625. The molecule has 0 amide bonds. The van der Waals surface area contributed by atoms with E-state index in [4.69, 9.17) is 0 Å². The first-order chi connectivity index (χ1) is 9.16. The van der Waals surface area contributed by atoms with Gasteiger partial charge in [-0.1, -0.05) is 71.4 Å². The first-order valence-corrected chi connectivity index (χ1v) is 7.73. The molecule has 20 heavy (non-hydrogen) atoms. The molecule has 0 N–H and O–H groups in total. The van der Waals surface area contributed by atoms with E-state index >= 15 is 0 Å². The lowest BCUT2D eigenvalue weighted by atomic mass is 9.82. The minimum Gasteiger partial charge on any atom is -0.0601 e. The summed E-state index contributed by atoms with van der Waals surface area (Å²) < 4.78 is 0. The van der Waals surface area contributed by atoms with Gasteiger partial charge in [0.15, 0.2) is 0 Å². The Balaban J connectivity index is 1.93. The molecule has 1 aromatic rings. The van der Waals surface area contributed by atoms with Crippen LogP contribution < -0.4 is 0 Å². The maximum absolute atomic E-state index is 2.46. The highest BCUT2D eigenvalue weighted by Gasteiger charge is 2.30. The fourth-order valence-electron chi connectivity index (χ4n) is 3.27. The van der Waals surface area contributed by atoms with Crippen molar-refractivity contribution < 1.29 is 0 Å². The number of benzene rings is 1. The van der Waals surface area contributed by atoms with E-state index in [-0.39, 0.29) is 5.41 Å². The lowest BCUT2D eigenvalue weighted by Gasteiger charge is -2.23. The summed E-state index contributed by atoms with van der Waals surface area (Å²) in [4.78, 5) is 0.